The first-order chi connectivity index (χ1) is 8.97. The number of halogens is 3. The quantitative estimate of drug-likeness (QED) is 0.911. The maximum atomic E-state index is 12.7. The molecule has 0 amide bonds. The Bertz CT molecular complexity index is 614. The van der Waals surface area contributed by atoms with Crippen LogP contribution in [-0.4, -0.2) is 15.0 Å². The molecule has 19 heavy (non-hydrogen) atoms. The van der Waals surface area contributed by atoms with E-state index in [-0.39, 0.29) is 11.9 Å². The van der Waals surface area contributed by atoms with E-state index in [1.807, 2.05) is 0 Å². The van der Waals surface area contributed by atoms with Crippen LogP contribution in [0.25, 0.3) is 11.3 Å². The van der Waals surface area contributed by atoms with Crippen LogP contribution in [0.15, 0.2) is 24.3 Å². The molecule has 3 rings (SSSR count). The smallest absolute Gasteiger partial charge is 0.380 e. The molecule has 0 atom stereocenters. The predicted molar refractivity (Wildman–Crippen MR) is 63.1 cm³/mol. The van der Waals surface area contributed by atoms with Crippen molar-refractivity contribution in [3.63, 3.8) is 0 Å². The van der Waals surface area contributed by atoms with Gasteiger partial charge in [0.2, 0.25) is 0 Å². The van der Waals surface area contributed by atoms with Gasteiger partial charge in [0, 0.05) is 5.56 Å². The Hall–Kier alpha value is -2.05. The molecule has 4 nitrogen and oxygen atoms in total. The van der Waals surface area contributed by atoms with Crippen molar-refractivity contribution < 1.29 is 13.2 Å². The maximum Gasteiger partial charge on any atom is 0.416 e. The molecular weight excluding hydrogens is 257 g/mol. The standard InChI is InChI=1S/C12H11F3N4/c13-12(14,15)8-3-1-2-7(6-8)10-11(16)17-18-19(10)9-4-5-9/h1-3,6,9H,4-5,16H2. The first kappa shape index (κ1) is 12.0. The molecule has 0 aliphatic heterocycles. The molecule has 1 heterocycles. The summed E-state index contributed by atoms with van der Waals surface area (Å²) in [5.41, 5.74) is 5.88. The second-order valence-electron chi connectivity index (χ2n) is 4.58. The summed E-state index contributed by atoms with van der Waals surface area (Å²) in [7, 11) is 0. The van der Waals surface area contributed by atoms with E-state index in [9.17, 15) is 13.2 Å². The number of hydrogen-bond acceptors (Lipinski definition) is 3. The van der Waals surface area contributed by atoms with Crippen LogP contribution >= 0.6 is 0 Å². The Morgan fingerprint density at radius 1 is 1.26 bits per heavy atom. The normalized spacial score (nSPS) is 15.7. The molecule has 1 aromatic carbocycles. The minimum Gasteiger partial charge on any atom is -0.380 e. The molecule has 100 valence electrons. The number of nitrogens with zero attached hydrogens (tertiary/aromatic N) is 3. The van der Waals surface area contributed by atoms with Gasteiger partial charge in [0.15, 0.2) is 5.82 Å². The van der Waals surface area contributed by atoms with Crippen LogP contribution in [0, 0.1) is 0 Å². The lowest BCUT2D eigenvalue weighted by molar-refractivity contribution is -0.137. The van der Waals surface area contributed by atoms with E-state index >= 15 is 0 Å². The molecule has 1 aromatic heterocycles. The van der Waals surface area contributed by atoms with Gasteiger partial charge in [-0.1, -0.05) is 17.3 Å². The third kappa shape index (κ3) is 2.16. The maximum absolute atomic E-state index is 12.7. The molecule has 1 saturated carbocycles. The lowest BCUT2D eigenvalue weighted by Gasteiger charge is -2.10. The van der Waals surface area contributed by atoms with E-state index in [0.29, 0.717) is 11.3 Å². The number of alkyl halides is 3. The summed E-state index contributed by atoms with van der Waals surface area (Å²) in [4.78, 5) is 0. The lowest BCUT2D eigenvalue weighted by Crippen LogP contribution is -2.06. The predicted octanol–water partition coefficient (Wildman–Crippen LogP) is 2.88. The SMILES string of the molecule is Nc1nnn(C2CC2)c1-c1cccc(C(F)(F)F)c1. The second kappa shape index (κ2) is 3.97. The van der Waals surface area contributed by atoms with Gasteiger partial charge in [-0.3, -0.25) is 0 Å². The largest absolute Gasteiger partial charge is 0.416 e. The molecular formula is C12H11F3N4. The van der Waals surface area contributed by atoms with Crippen molar-refractivity contribution >= 4 is 5.82 Å². The van der Waals surface area contributed by atoms with E-state index in [2.05, 4.69) is 10.3 Å². The molecule has 0 unspecified atom stereocenters. The fourth-order valence-corrected chi connectivity index (χ4v) is 2.00. The molecule has 0 radical (unpaired) electrons. The molecule has 1 aliphatic carbocycles. The monoisotopic (exact) mass is 268 g/mol. The number of anilines is 1. The van der Waals surface area contributed by atoms with Crippen molar-refractivity contribution in [2.45, 2.75) is 25.1 Å². The van der Waals surface area contributed by atoms with Crippen LogP contribution in [0.2, 0.25) is 0 Å². The Morgan fingerprint density at radius 2 is 2.00 bits per heavy atom. The van der Waals surface area contributed by atoms with Gasteiger partial charge in [-0.05, 0) is 25.0 Å². The van der Waals surface area contributed by atoms with E-state index < -0.39 is 11.7 Å². The summed E-state index contributed by atoms with van der Waals surface area (Å²) in [6.45, 7) is 0. The fraction of sp³-hybridized carbons (Fsp3) is 0.333. The highest BCUT2D eigenvalue weighted by Crippen LogP contribution is 2.40. The number of benzene rings is 1. The van der Waals surface area contributed by atoms with Gasteiger partial charge in [-0.2, -0.15) is 13.2 Å². The van der Waals surface area contributed by atoms with Crippen molar-refractivity contribution in [1.82, 2.24) is 15.0 Å². The summed E-state index contributed by atoms with van der Waals surface area (Å²) in [5, 5.41) is 7.66. The number of nitrogen functional groups attached to an aromatic ring is 1. The summed E-state index contributed by atoms with van der Waals surface area (Å²) < 4.78 is 39.8. The molecule has 0 saturated heterocycles. The van der Waals surface area contributed by atoms with Crippen LogP contribution in [0.5, 0.6) is 0 Å². The zero-order valence-electron chi connectivity index (χ0n) is 9.85. The summed E-state index contributed by atoms with van der Waals surface area (Å²) in [6.07, 6.45) is -2.47. The third-order valence-corrected chi connectivity index (χ3v) is 3.08. The van der Waals surface area contributed by atoms with Gasteiger partial charge in [-0.15, -0.1) is 5.10 Å². The molecule has 1 aliphatic rings. The average Bonchev–Trinajstić information content (AvgIpc) is 3.12. The zero-order valence-corrected chi connectivity index (χ0v) is 9.85. The van der Waals surface area contributed by atoms with Crippen LogP contribution in [0.3, 0.4) is 0 Å². The minimum atomic E-state index is -4.37. The van der Waals surface area contributed by atoms with E-state index in [1.54, 1.807) is 10.7 Å². The highest BCUT2D eigenvalue weighted by Gasteiger charge is 2.32. The first-order valence-electron chi connectivity index (χ1n) is 5.85. The van der Waals surface area contributed by atoms with Gasteiger partial charge >= 0.3 is 6.18 Å². The molecule has 2 N–H and O–H groups in total. The van der Waals surface area contributed by atoms with Crippen LogP contribution in [0.1, 0.15) is 24.4 Å². The lowest BCUT2D eigenvalue weighted by atomic mass is 10.1. The van der Waals surface area contributed by atoms with Crippen LogP contribution < -0.4 is 5.73 Å². The minimum absolute atomic E-state index is 0.159. The van der Waals surface area contributed by atoms with Gasteiger partial charge in [0.05, 0.1) is 11.6 Å². The molecule has 7 heteroatoms. The van der Waals surface area contributed by atoms with Gasteiger partial charge in [0.1, 0.15) is 5.69 Å². The second-order valence-corrected chi connectivity index (χ2v) is 4.58. The van der Waals surface area contributed by atoms with Gasteiger partial charge < -0.3 is 5.73 Å². The molecule has 2 aromatic rings. The van der Waals surface area contributed by atoms with Crippen LogP contribution in [-0.2, 0) is 6.18 Å². The molecule has 0 spiro atoms. The fourth-order valence-electron chi connectivity index (χ4n) is 2.00. The molecule has 0 bridgehead atoms. The highest BCUT2D eigenvalue weighted by atomic mass is 19.4. The first-order valence-corrected chi connectivity index (χ1v) is 5.85. The van der Waals surface area contributed by atoms with Crippen LogP contribution in [0.4, 0.5) is 19.0 Å². The van der Waals surface area contributed by atoms with Crippen molar-refractivity contribution in [3.05, 3.63) is 29.8 Å². The zero-order chi connectivity index (χ0) is 13.6. The van der Waals surface area contributed by atoms with E-state index in [4.69, 9.17) is 5.73 Å². The van der Waals surface area contributed by atoms with Crippen molar-refractivity contribution in [1.29, 1.82) is 0 Å². The Balaban J connectivity index is 2.09. The summed E-state index contributed by atoms with van der Waals surface area (Å²) in [5.74, 6) is 0.159. The van der Waals surface area contributed by atoms with Crippen molar-refractivity contribution in [2.75, 3.05) is 5.73 Å². The van der Waals surface area contributed by atoms with Gasteiger partial charge in [-0.25, -0.2) is 4.68 Å². The summed E-state index contributed by atoms with van der Waals surface area (Å²) >= 11 is 0. The Morgan fingerprint density at radius 3 is 2.63 bits per heavy atom. The topological polar surface area (TPSA) is 56.7 Å². The van der Waals surface area contributed by atoms with Crippen molar-refractivity contribution in [3.8, 4) is 11.3 Å². The number of rotatable bonds is 2. The van der Waals surface area contributed by atoms with E-state index in [0.717, 1.165) is 25.0 Å². The highest BCUT2D eigenvalue weighted by molar-refractivity contribution is 5.70. The number of nitrogens with two attached hydrogens (primary N) is 1. The van der Waals surface area contributed by atoms with Crippen molar-refractivity contribution in [2.24, 2.45) is 0 Å². The average molecular weight is 268 g/mol. The third-order valence-electron chi connectivity index (χ3n) is 3.08. The summed E-state index contributed by atoms with van der Waals surface area (Å²) in [6, 6.07) is 5.26. The number of aromatic nitrogens is 3. The number of hydrogen-bond donors (Lipinski definition) is 1. The Labute approximate surface area is 107 Å². The Kier molecular flexibility index (Phi) is 2.51. The van der Waals surface area contributed by atoms with Gasteiger partial charge in [0.25, 0.3) is 0 Å². The van der Waals surface area contributed by atoms with E-state index in [1.165, 1.54) is 6.07 Å². The molecule has 1 fully saturated rings.